The van der Waals surface area contributed by atoms with Crippen LogP contribution in [0.25, 0.3) is 5.13 Å². The predicted octanol–water partition coefficient (Wildman–Crippen LogP) is 0.522. The number of aryl methyl sites for hydroxylation is 1. The molecule has 2 amide bonds. The number of hydrogen-bond donors (Lipinski definition) is 0. The van der Waals surface area contributed by atoms with Crippen LogP contribution in [0.15, 0.2) is 24.0 Å². The summed E-state index contributed by atoms with van der Waals surface area (Å²) in [7, 11) is 0. The van der Waals surface area contributed by atoms with Crippen molar-refractivity contribution in [2.24, 2.45) is 0 Å². The molecule has 11 heteroatoms. The van der Waals surface area contributed by atoms with Crippen LogP contribution >= 0.6 is 11.3 Å². The fourth-order valence-corrected chi connectivity index (χ4v) is 4.17. The van der Waals surface area contributed by atoms with Crippen molar-refractivity contribution >= 4 is 23.2 Å². The standard InChI is InChI=1S/C17H20N8O2S/c1-12-9-14(13(2)25(12)17-18-3-8-28-17)16(27)23-6-4-22(5-7-23)15(26)10-24-11-19-20-21-24/h3,8-9,11H,4-7,10H2,1-2H3. The predicted molar refractivity (Wildman–Crippen MR) is 101 cm³/mol. The summed E-state index contributed by atoms with van der Waals surface area (Å²) in [5.74, 6) is -0.0650. The Balaban J connectivity index is 1.42. The summed E-state index contributed by atoms with van der Waals surface area (Å²) in [6.07, 6.45) is 3.17. The molecule has 1 fully saturated rings. The molecule has 146 valence electrons. The number of hydrogen-bond acceptors (Lipinski definition) is 7. The van der Waals surface area contributed by atoms with Crippen molar-refractivity contribution < 1.29 is 9.59 Å². The number of nitrogens with zero attached hydrogens (tertiary/aromatic N) is 8. The van der Waals surface area contributed by atoms with Gasteiger partial charge in [0.05, 0.1) is 5.56 Å². The van der Waals surface area contributed by atoms with Crippen LogP contribution in [0.3, 0.4) is 0 Å². The van der Waals surface area contributed by atoms with Gasteiger partial charge in [-0.1, -0.05) is 0 Å². The summed E-state index contributed by atoms with van der Waals surface area (Å²) in [5, 5.41) is 13.5. The lowest BCUT2D eigenvalue weighted by Crippen LogP contribution is -2.51. The number of carbonyl (C=O) groups is 2. The maximum atomic E-state index is 13.1. The third kappa shape index (κ3) is 3.40. The van der Waals surface area contributed by atoms with E-state index in [0.29, 0.717) is 31.7 Å². The molecule has 4 rings (SSSR count). The molecular weight excluding hydrogens is 380 g/mol. The summed E-state index contributed by atoms with van der Waals surface area (Å²) in [6, 6.07) is 1.91. The van der Waals surface area contributed by atoms with Crippen molar-refractivity contribution in [3.05, 3.63) is 40.9 Å². The Morgan fingerprint density at radius 1 is 1.14 bits per heavy atom. The fourth-order valence-electron chi connectivity index (χ4n) is 3.42. The van der Waals surface area contributed by atoms with Gasteiger partial charge in [-0.2, -0.15) is 0 Å². The highest BCUT2D eigenvalue weighted by molar-refractivity contribution is 7.12. The van der Waals surface area contributed by atoms with E-state index in [1.165, 1.54) is 22.3 Å². The Hall–Kier alpha value is -3.08. The van der Waals surface area contributed by atoms with Crippen molar-refractivity contribution in [2.75, 3.05) is 26.2 Å². The van der Waals surface area contributed by atoms with E-state index in [4.69, 9.17) is 0 Å². The van der Waals surface area contributed by atoms with Gasteiger partial charge in [0.2, 0.25) is 5.91 Å². The van der Waals surface area contributed by atoms with Crippen molar-refractivity contribution in [1.82, 2.24) is 39.6 Å². The third-order valence-corrected chi connectivity index (χ3v) is 5.64. The minimum atomic E-state index is -0.0543. The molecule has 0 aromatic carbocycles. The van der Waals surface area contributed by atoms with Crippen molar-refractivity contribution in [3.63, 3.8) is 0 Å². The first-order valence-corrected chi connectivity index (χ1v) is 9.79. The first kappa shape index (κ1) is 18.3. The summed E-state index contributed by atoms with van der Waals surface area (Å²) < 4.78 is 3.40. The number of tetrazole rings is 1. The van der Waals surface area contributed by atoms with E-state index in [0.717, 1.165) is 16.5 Å². The van der Waals surface area contributed by atoms with Crippen LogP contribution < -0.4 is 0 Å². The van der Waals surface area contributed by atoms with Crippen LogP contribution in [0.2, 0.25) is 0 Å². The molecule has 3 aromatic heterocycles. The van der Waals surface area contributed by atoms with Gasteiger partial charge < -0.3 is 9.80 Å². The van der Waals surface area contributed by atoms with E-state index in [1.54, 1.807) is 16.0 Å². The van der Waals surface area contributed by atoms with Gasteiger partial charge in [-0.05, 0) is 30.3 Å². The lowest BCUT2D eigenvalue weighted by molar-refractivity contribution is -0.133. The first-order chi connectivity index (χ1) is 13.5. The Morgan fingerprint density at radius 3 is 2.54 bits per heavy atom. The van der Waals surface area contributed by atoms with Crippen LogP contribution in [-0.2, 0) is 11.3 Å². The lowest BCUT2D eigenvalue weighted by Gasteiger charge is -2.34. The molecule has 0 aliphatic carbocycles. The maximum absolute atomic E-state index is 13.1. The van der Waals surface area contributed by atoms with Gasteiger partial charge in [-0.25, -0.2) is 9.67 Å². The summed E-state index contributed by atoms with van der Waals surface area (Å²) in [5.41, 5.74) is 2.54. The molecule has 10 nitrogen and oxygen atoms in total. The Kier molecular flexibility index (Phi) is 4.90. The van der Waals surface area contributed by atoms with Gasteiger partial charge >= 0.3 is 0 Å². The second kappa shape index (κ2) is 7.50. The Morgan fingerprint density at radius 2 is 1.89 bits per heavy atom. The van der Waals surface area contributed by atoms with E-state index >= 15 is 0 Å². The van der Waals surface area contributed by atoms with Crippen LogP contribution in [0.5, 0.6) is 0 Å². The number of piperazine rings is 1. The molecule has 3 aromatic rings. The minimum Gasteiger partial charge on any atom is -0.338 e. The second-order valence-electron chi connectivity index (χ2n) is 6.62. The molecule has 0 spiro atoms. The first-order valence-electron chi connectivity index (χ1n) is 8.91. The van der Waals surface area contributed by atoms with Crippen LogP contribution in [0, 0.1) is 13.8 Å². The molecule has 0 saturated carbocycles. The number of amides is 2. The number of thiazole rings is 1. The molecule has 0 N–H and O–H groups in total. The quantitative estimate of drug-likeness (QED) is 0.633. The third-order valence-electron chi connectivity index (χ3n) is 4.88. The highest BCUT2D eigenvalue weighted by Gasteiger charge is 2.27. The molecule has 0 atom stereocenters. The molecule has 0 radical (unpaired) electrons. The zero-order valence-electron chi connectivity index (χ0n) is 15.6. The van der Waals surface area contributed by atoms with Gasteiger partial charge in [0.25, 0.3) is 5.91 Å². The topological polar surface area (TPSA) is 102 Å². The molecule has 1 aliphatic rings. The Labute approximate surface area is 165 Å². The average molecular weight is 400 g/mol. The van der Waals surface area contributed by atoms with E-state index in [2.05, 4.69) is 20.5 Å². The summed E-state index contributed by atoms with van der Waals surface area (Å²) in [6.45, 7) is 6.02. The van der Waals surface area contributed by atoms with Crippen molar-refractivity contribution in [1.29, 1.82) is 0 Å². The van der Waals surface area contributed by atoms with E-state index in [9.17, 15) is 9.59 Å². The van der Waals surface area contributed by atoms with Crippen LogP contribution in [0.1, 0.15) is 21.7 Å². The largest absolute Gasteiger partial charge is 0.338 e. The highest BCUT2D eigenvalue weighted by Crippen LogP contribution is 2.23. The van der Waals surface area contributed by atoms with E-state index in [-0.39, 0.29) is 18.4 Å². The zero-order chi connectivity index (χ0) is 19.7. The fraction of sp³-hybridized carbons (Fsp3) is 0.412. The normalized spacial score (nSPS) is 14.5. The molecule has 1 aliphatic heterocycles. The number of carbonyl (C=O) groups excluding carboxylic acids is 2. The van der Waals surface area contributed by atoms with Gasteiger partial charge in [0.15, 0.2) is 5.13 Å². The number of rotatable bonds is 4. The van der Waals surface area contributed by atoms with Gasteiger partial charge in [0, 0.05) is 49.1 Å². The molecule has 0 unspecified atom stereocenters. The molecule has 0 bridgehead atoms. The van der Waals surface area contributed by atoms with E-state index in [1.807, 2.05) is 29.9 Å². The Bertz CT molecular complexity index is 971. The summed E-state index contributed by atoms with van der Waals surface area (Å²) >= 11 is 1.54. The van der Waals surface area contributed by atoms with E-state index < -0.39 is 0 Å². The number of aromatic nitrogens is 6. The van der Waals surface area contributed by atoms with Gasteiger partial charge in [-0.3, -0.25) is 14.2 Å². The van der Waals surface area contributed by atoms with Crippen LogP contribution in [-0.4, -0.2) is 77.6 Å². The smallest absolute Gasteiger partial charge is 0.255 e. The molecule has 28 heavy (non-hydrogen) atoms. The van der Waals surface area contributed by atoms with Gasteiger partial charge in [0.1, 0.15) is 12.9 Å². The van der Waals surface area contributed by atoms with Gasteiger partial charge in [-0.15, -0.1) is 16.4 Å². The molecule has 1 saturated heterocycles. The highest BCUT2D eigenvalue weighted by atomic mass is 32.1. The zero-order valence-corrected chi connectivity index (χ0v) is 16.5. The lowest BCUT2D eigenvalue weighted by atomic mass is 10.2. The average Bonchev–Trinajstić information content (AvgIpc) is 3.44. The van der Waals surface area contributed by atoms with Crippen molar-refractivity contribution in [2.45, 2.75) is 20.4 Å². The monoisotopic (exact) mass is 400 g/mol. The SMILES string of the molecule is Cc1cc(C(=O)N2CCN(C(=O)Cn3cnnn3)CC2)c(C)n1-c1nccs1. The summed E-state index contributed by atoms with van der Waals surface area (Å²) in [4.78, 5) is 33.3. The molecular formula is C17H20N8O2S. The minimum absolute atomic E-state index is 0.0107. The maximum Gasteiger partial charge on any atom is 0.255 e. The molecule has 4 heterocycles. The second-order valence-corrected chi connectivity index (χ2v) is 7.49. The van der Waals surface area contributed by atoms with Crippen LogP contribution in [0.4, 0.5) is 0 Å². The van der Waals surface area contributed by atoms with Crippen molar-refractivity contribution in [3.8, 4) is 5.13 Å².